The SMILES string of the molecule is CCCC(C)(P(c1cc(C)cc(C)c1)c1cc(C)cc(C)c1)P(c1cc(C)cc(C)c1)c1cc(C)cc(C)c1. The van der Waals surface area contributed by atoms with Crippen LogP contribution in [0.5, 0.6) is 0 Å². The topological polar surface area (TPSA) is 0 Å². The van der Waals surface area contributed by atoms with Crippen LogP contribution in [0.3, 0.4) is 0 Å². The highest BCUT2D eigenvalue weighted by Gasteiger charge is 2.44. The molecule has 4 aromatic rings. The average molecular weight is 553 g/mol. The molecule has 0 aliphatic carbocycles. The van der Waals surface area contributed by atoms with Gasteiger partial charge in [-0.25, -0.2) is 0 Å². The Morgan fingerprint density at radius 3 is 0.795 bits per heavy atom. The normalized spacial score (nSPS) is 12.0. The average Bonchev–Trinajstić information content (AvgIpc) is 2.77. The minimum Gasteiger partial charge on any atom is -0.0653 e. The van der Waals surface area contributed by atoms with Crippen molar-refractivity contribution >= 4 is 37.1 Å². The lowest BCUT2D eigenvalue weighted by Crippen LogP contribution is -2.37. The third-order valence-electron chi connectivity index (χ3n) is 7.55. The highest BCUT2D eigenvalue weighted by Crippen LogP contribution is 2.67. The van der Waals surface area contributed by atoms with Crippen molar-refractivity contribution in [3.63, 3.8) is 0 Å². The molecule has 0 spiro atoms. The predicted molar refractivity (Wildman–Crippen MR) is 179 cm³/mol. The summed E-state index contributed by atoms with van der Waals surface area (Å²) in [6.45, 7) is 23.1. The van der Waals surface area contributed by atoms with E-state index in [1.54, 1.807) is 0 Å². The molecular weight excluding hydrogens is 506 g/mol. The lowest BCUT2D eigenvalue weighted by Gasteiger charge is -2.46. The highest BCUT2D eigenvalue weighted by atomic mass is 31.2. The number of aryl methyl sites for hydroxylation is 8. The Bertz CT molecular complexity index is 1190. The molecule has 4 rings (SSSR count). The maximum Gasteiger partial charge on any atom is 0.0238 e. The molecule has 0 N–H and O–H groups in total. The summed E-state index contributed by atoms with van der Waals surface area (Å²) in [5.41, 5.74) is 10.9. The standard InChI is InChI=1S/C37H46P2/c1-11-12-37(10,38(33-17-25(2)13-26(3)18-33)34-19-27(4)14-28(5)20-34)39(35-21-29(6)15-30(7)22-35)36-23-31(8)16-32(9)24-36/h13-24H,11-12H2,1-10H3. The molecule has 0 aliphatic heterocycles. The van der Waals surface area contributed by atoms with Crippen molar-refractivity contribution in [1.29, 1.82) is 0 Å². The Morgan fingerprint density at radius 1 is 0.410 bits per heavy atom. The molecule has 0 amide bonds. The van der Waals surface area contributed by atoms with Gasteiger partial charge in [0.05, 0.1) is 0 Å². The monoisotopic (exact) mass is 552 g/mol. The summed E-state index contributed by atoms with van der Waals surface area (Å²) in [4.78, 5) is 0.0698. The zero-order valence-corrected chi connectivity index (χ0v) is 27.5. The van der Waals surface area contributed by atoms with Crippen molar-refractivity contribution in [3.8, 4) is 0 Å². The summed E-state index contributed by atoms with van der Waals surface area (Å²) >= 11 is 0. The highest BCUT2D eigenvalue weighted by molar-refractivity contribution is 7.90. The molecule has 0 aromatic heterocycles. The molecule has 0 aliphatic rings. The second-order valence-electron chi connectivity index (χ2n) is 12.0. The van der Waals surface area contributed by atoms with Gasteiger partial charge in [-0.1, -0.05) is 138 Å². The Labute approximate surface area is 240 Å². The van der Waals surface area contributed by atoms with Crippen LogP contribution in [0.4, 0.5) is 0 Å². The minimum atomic E-state index is -0.663. The lowest BCUT2D eigenvalue weighted by molar-refractivity contribution is 0.735. The quantitative estimate of drug-likeness (QED) is 0.191. The predicted octanol–water partition coefficient (Wildman–Crippen LogP) is 9.24. The van der Waals surface area contributed by atoms with E-state index in [9.17, 15) is 0 Å². The molecule has 0 bridgehead atoms. The molecule has 0 fully saturated rings. The Morgan fingerprint density at radius 2 is 0.615 bits per heavy atom. The fourth-order valence-corrected chi connectivity index (χ4v) is 15.1. The molecule has 204 valence electrons. The number of rotatable bonds is 8. The van der Waals surface area contributed by atoms with Crippen molar-refractivity contribution in [3.05, 3.63) is 117 Å². The number of hydrogen-bond acceptors (Lipinski definition) is 0. The van der Waals surface area contributed by atoms with E-state index in [1.165, 1.54) is 78.6 Å². The molecule has 2 heteroatoms. The van der Waals surface area contributed by atoms with Gasteiger partial charge < -0.3 is 0 Å². The number of hydrogen-bond donors (Lipinski definition) is 0. The van der Waals surface area contributed by atoms with E-state index in [4.69, 9.17) is 0 Å². The van der Waals surface area contributed by atoms with Crippen molar-refractivity contribution in [1.82, 2.24) is 0 Å². The van der Waals surface area contributed by atoms with Gasteiger partial charge in [-0.3, -0.25) is 0 Å². The van der Waals surface area contributed by atoms with Gasteiger partial charge >= 0.3 is 0 Å². The Balaban J connectivity index is 2.12. The molecule has 0 atom stereocenters. The van der Waals surface area contributed by atoms with E-state index in [0.717, 1.165) is 0 Å². The third-order valence-corrected chi connectivity index (χ3v) is 14.2. The number of benzene rings is 4. The second kappa shape index (κ2) is 12.1. The maximum atomic E-state index is 2.64. The summed E-state index contributed by atoms with van der Waals surface area (Å²) in [5.74, 6) is 0. The first-order valence-electron chi connectivity index (χ1n) is 14.3. The zero-order chi connectivity index (χ0) is 28.5. The molecule has 0 heterocycles. The first-order chi connectivity index (χ1) is 18.4. The van der Waals surface area contributed by atoms with Gasteiger partial charge in [0, 0.05) is 4.90 Å². The first kappa shape index (κ1) is 29.7. The smallest absolute Gasteiger partial charge is 0.0238 e. The first-order valence-corrected chi connectivity index (χ1v) is 17.0. The van der Waals surface area contributed by atoms with E-state index in [0.29, 0.717) is 0 Å². The van der Waals surface area contributed by atoms with Crippen LogP contribution in [0.2, 0.25) is 0 Å². The van der Waals surface area contributed by atoms with Crippen LogP contribution in [0, 0.1) is 55.4 Å². The minimum absolute atomic E-state index is 0.0698. The van der Waals surface area contributed by atoms with Crippen LogP contribution >= 0.6 is 15.8 Å². The van der Waals surface area contributed by atoms with Crippen molar-refractivity contribution in [2.24, 2.45) is 0 Å². The molecule has 0 radical (unpaired) electrons. The van der Waals surface area contributed by atoms with E-state index in [2.05, 4.69) is 142 Å². The van der Waals surface area contributed by atoms with Crippen LogP contribution in [0.1, 0.15) is 71.2 Å². The summed E-state index contributed by atoms with van der Waals surface area (Å²) in [5, 5.41) is 6.07. The molecule has 39 heavy (non-hydrogen) atoms. The van der Waals surface area contributed by atoms with Crippen LogP contribution in [-0.4, -0.2) is 4.90 Å². The fraction of sp³-hybridized carbons (Fsp3) is 0.351. The van der Waals surface area contributed by atoms with Gasteiger partial charge in [0.2, 0.25) is 0 Å². The van der Waals surface area contributed by atoms with Gasteiger partial charge in [0.15, 0.2) is 0 Å². The van der Waals surface area contributed by atoms with Gasteiger partial charge in [0.1, 0.15) is 0 Å². The van der Waals surface area contributed by atoms with Crippen LogP contribution in [0.15, 0.2) is 72.8 Å². The van der Waals surface area contributed by atoms with E-state index >= 15 is 0 Å². The molecule has 0 nitrogen and oxygen atoms in total. The third kappa shape index (κ3) is 6.73. The fourth-order valence-electron chi connectivity index (χ4n) is 6.53. The molecule has 0 unspecified atom stereocenters. The van der Waals surface area contributed by atoms with Gasteiger partial charge in [0.25, 0.3) is 0 Å². The van der Waals surface area contributed by atoms with Gasteiger partial charge in [-0.2, -0.15) is 0 Å². The Kier molecular flexibility index (Phi) is 9.21. The van der Waals surface area contributed by atoms with Crippen LogP contribution in [-0.2, 0) is 0 Å². The molecular formula is C37H46P2. The summed E-state index contributed by atoms with van der Waals surface area (Å²) < 4.78 is 0. The van der Waals surface area contributed by atoms with Crippen LogP contribution in [0.25, 0.3) is 0 Å². The summed E-state index contributed by atoms with van der Waals surface area (Å²) in [7, 11) is -1.33. The van der Waals surface area contributed by atoms with Crippen molar-refractivity contribution < 1.29 is 0 Å². The van der Waals surface area contributed by atoms with Gasteiger partial charge in [-0.15, -0.1) is 0 Å². The maximum absolute atomic E-state index is 2.64. The summed E-state index contributed by atoms with van der Waals surface area (Å²) in [6, 6.07) is 29.2. The molecule has 0 saturated heterocycles. The Hall–Kier alpha value is -2.26. The van der Waals surface area contributed by atoms with Gasteiger partial charge in [-0.05, 0) is 98.9 Å². The second-order valence-corrected chi connectivity index (χ2v) is 17.8. The molecule has 0 saturated carbocycles. The lowest BCUT2D eigenvalue weighted by atomic mass is 10.2. The van der Waals surface area contributed by atoms with E-state index in [-0.39, 0.29) is 4.90 Å². The largest absolute Gasteiger partial charge is 0.0653 e. The molecule has 4 aromatic carbocycles. The van der Waals surface area contributed by atoms with Crippen molar-refractivity contribution in [2.75, 3.05) is 0 Å². The van der Waals surface area contributed by atoms with E-state index < -0.39 is 15.8 Å². The zero-order valence-electron chi connectivity index (χ0n) is 25.7. The van der Waals surface area contributed by atoms with Crippen LogP contribution < -0.4 is 21.2 Å². The van der Waals surface area contributed by atoms with E-state index in [1.807, 2.05) is 0 Å². The summed E-state index contributed by atoms with van der Waals surface area (Å²) in [6.07, 6.45) is 2.35. The van der Waals surface area contributed by atoms with Crippen molar-refractivity contribution in [2.45, 2.75) is 87.0 Å².